The second-order valence-electron chi connectivity index (χ2n) is 3.75. The lowest BCUT2D eigenvalue weighted by Gasteiger charge is -2.06. The number of para-hydroxylation sites is 1. The molecule has 2 aromatic heterocycles. The van der Waals surface area contributed by atoms with Gasteiger partial charge in [-0.2, -0.15) is 0 Å². The molecular formula is C16H16N4. The molecule has 1 N–H and O–H groups in total. The number of benzene rings is 1. The third-order valence-electron chi connectivity index (χ3n) is 2.61. The minimum Gasteiger partial charge on any atom is -0.337 e. The molecule has 1 aromatic carbocycles. The Morgan fingerprint density at radius 1 is 1.15 bits per heavy atom. The molecule has 3 rings (SSSR count). The zero-order chi connectivity index (χ0) is 14.4. The van der Waals surface area contributed by atoms with E-state index in [2.05, 4.69) is 21.2 Å². The van der Waals surface area contributed by atoms with E-state index >= 15 is 0 Å². The quantitative estimate of drug-likeness (QED) is 0.720. The largest absolute Gasteiger partial charge is 0.337 e. The molecular weight excluding hydrogens is 248 g/mol. The monoisotopic (exact) mass is 264 g/mol. The lowest BCUT2D eigenvalue weighted by atomic mass is 10.3. The van der Waals surface area contributed by atoms with E-state index in [0.717, 1.165) is 5.69 Å². The van der Waals surface area contributed by atoms with Crippen LogP contribution in [0.4, 0.5) is 11.5 Å². The maximum absolute atomic E-state index is 5.41. The highest BCUT2D eigenvalue weighted by Gasteiger charge is 2.07. The summed E-state index contributed by atoms with van der Waals surface area (Å²) in [6.45, 7) is 4.00. The molecule has 4 nitrogen and oxygen atoms in total. The van der Waals surface area contributed by atoms with Crippen molar-refractivity contribution in [3.8, 4) is 12.3 Å². The van der Waals surface area contributed by atoms with Gasteiger partial charge in [0.15, 0.2) is 11.5 Å². The molecule has 3 aromatic rings. The molecule has 100 valence electrons. The van der Waals surface area contributed by atoms with E-state index in [9.17, 15) is 0 Å². The van der Waals surface area contributed by atoms with Gasteiger partial charge in [-0.25, -0.2) is 9.97 Å². The highest BCUT2D eigenvalue weighted by molar-refractivity contribution is 5.70. The Morgan fingerprint density at radius 3 is 2.60 bits per heavy atom. The molecule has 0 aliphatic rings. The smallest absolute Gasteiger partial charge is 0.181 e. The lowest BCUT2D eigenvalue weighted by Crippen LogP contribution is -1.98. The molecule has 0 radical (unpaired) electrons. The topological polar surface area (TPSA) is 42.2 Å². The fourth-order valence-corrected chi connectivity index (χ4v) is 1.77. The van der Waals surface area contributed by atoms with Crippen LogP contribution in [0, 0.1) is 12.3 Å². The van der Waals surface area contributed by atoms with Crippen molar-refractivity contribution in [2.45, 2.75) is 13.8 Å². The first-order chi connectivity index (χ1) is 9.88. The van der Waals surface area contributed by atoms with Crippen LogP contribution >= 0.6 is 0 Å². The first-order valence-electron chi connectivity index (χ1n) is 6.49. The zero-order valence-corrected chi connectivity index (χ0v) is 11.5. The first kappa shape index (κ1) is 13.6. The van der Waals surface area contributed by atoms with Gasteiger partial charge in [-0.1, -0.05) is 38.0 Å². The van der Waals surface area contributed by atoms with Crippen molar-refractivity contribution in [2.24, 2.45) is 0 Å². The summed E-state index contributed by atoms with van der Waals surface area (Å²) in [5.74, 6) is 3.27. The summed E-state index contributed by atoms with van der Waals surface area (Å²) in [4.78, 5) is 8.57. The lowest BCUT2D eigenvalue weighted by molar-refractivity contribution is 1.11. The Kier molecular flexibility index (Phi) is 4.35. The van der Waals surface area contributed by atoms with Crippen LogP contribution in [-0.2, 0) is 0 Å². The standard InChI is InChI=1S/C14H10N4.C2H6/c1-2-12-10-16-14-13(15-8-9-18(12)14)17-11-6-4-3-5-7-11;1-2/h1,3-10H,(H,15,17);1-2H3. The number of rotatable bonds is 2. The highest BCUT2D eigenvalue weighted by atomic mass is 15.1. The van der Waals surface area contributed by atoms with Gasteiger partial charge in [0.05, 0.1) is 6.20 Å². The Hall–Kier alpha value is -2.80. The number of terminal acetylenes is 1. The van der Waals surface area contributed by atoms with Gasteiger partial charge < -0.3 is 5.32 Å². The number of hydrogen-bond acceptors (Lipinski definition) is 3. The van der Waals surface area contributed by atoms with Crippen LogP contribution in [-0.4, -0.2) is 14.4 Å². The normalized spacial score (nSPS) is 9.45. The minimum absolute atomic E-state index is 0.685. The first-order valence-corrected chi connectivity index (χ1v) is 6.49. The number of imidazole rings is 1. The van der Waals surface area contributed by atoms with Crippen LogP contribution in [0.3, 0.4) is 0 Å². The van der Waals surface area contributed by atoms with Crippen molar-refractivity contribution in [2.75, 3.05) is 5.32 Å². The fraction of sp³-hybridized carbons (Fsp3) is 0.125. The Balaban J connectivity index is 0.000000704. The van der Waals surface area contributed by atoms with Crippen molar-refractivity contribution in [1.29, 1.82) is 0 Å². The van der Waals surface area contributed by atoms with Crippen LogP contribution in [0.1, 0.15) is 19.5 Å². The maximum atomic E-state index is 5.41. The molecule has 2 heterocycles. The van der Waals surface area contributed by atoms with Crippen molar-refractivity contribution in [3.63, 3.8) is 0 Å². The van der Waals surface area contributed by atoms with Crippen LogP contribution in [0.15, 0.2) is 48.9 Å². The molecule has 0 saturated carbocycles. The summed E-state index contributed by atoms with van der Waals surface area (Å²) in [6, 6.07) is 9.82. The van der Waals surface area contributed by atoms with E-state index < -0.39 is 0 Å². The van der Waals surface area contributed by atoms with Crippen LogP contribution < -0.4 is 5.32 Å². The summed E-state index contributed by atoms with van der Waals surface area (Å²) in [6.07, 6.45) is 10.6. The van der Waals surface area contributed by atoms with Crippen LogP contribution in [0.5, 0.6) is 0 Å². The molecule has 0 bridgehead atoms. The van der Waals surface area contributed by atoms with Crippen molar-refractivity contribution in [1.82, 2.24) is 14.4 Å². The number of nitrogens with zero attached hydrogens (tertiary/aromatic N) is 3. The van der Waals surface area contributed by atoms with Crippen molar-refractivity contribution < 1.29 is 0 Å². The Morgan fingerprint density at radius 2 is 1.90 bits per heavy atom. The number of aromatic nitrogens is 3. The summed E-state index contributed by atoms with van der Waals surface area (Å²) in [7, 11) is 0. The van der Waals surface area contributed by atoms with E-state index in [1.165, 1.54) is 0 Å². The van der Waals surface area contributed by atoms with E-state index in [1.54, 1.807) is 18.6 Å². The zero-order valence-electron chi connectivity index (χ0n) is 11.5. The number of nitrogens with one attached hydrogen (secondary N) is 1. The van der Waals surface area contributed by atoms with Crippen LogP contribution in [0.2, 0.25) is 0 Å². The summed E-state index contributed by atoms with van der Waals surface area (Å²) in [5, 5.41) is 3.22. The average molecular weight is 264 g/mol. The van der Waals surface area contributed by atoms with E-state index in [1.807, 2.05) is 48.6 Å². The molecule has 0 saturated heterocycles. The van der Waals surface area contributed by atoms with Gasteiger partial charge in [0.25, 0.3) is 0 Å². The van der Waals surface area contributed by atoms with Crippen LogP contribution in [0.25, 0.3) is 5.65 Å². The fourth-order valence-electron chi connectivity index (χ4n) is 1.77. The molecule has 0 atom stereocenters. The van der Waals surface area contributed by atoms with Gasteiger partial charge in [-0.3, -0.25) is 4.40 Å². The van der Waals surface area contributed by atoms with Gasteiger partial charge in [-0.05, 0) is 12.1 Å². The van der Waals surface area contributed by atoms with Gasteiger partial charge in [0, 0.05) is 18.1 Å². The summed E-state index contributed by atoms with van der Waals surface area (Å²) >= 11 is 0. The maximum Gasteiger partial charge on any atom is 0.181 e. The average Bonchev–Trinajstić information content (AvgIpc) is 2.94. The van der Waals surface area contributed by atoms with Crippen molar-refractivity contribution >= 4 is 17.2 Å². The molecule has 0 aliphatic carbocycles. The second kappa shape index (κ2) is 6.39. The second-order valence-corrected chi connectivity index (χ2v) is 3.75. The summed E-state index contributed by atoms with van der Waals surface area (Å²) in [5.41, 5.74) is 2.39. The van der Waals surface area contributed by atoms with Crippen molar-refractivity contribution in [3.05, 3.63) is 54.6 Å². The van der Waals surface area contributed by atoms with E-state index in [0.29, 0.717) is 17.2 Å². The summed E-state index contributed by atoms with van der Waals surface area (Å²) < 4.78 is 1.83. The number of anilines is 2. The van der Waals surface area contributed by atoms with Gasteiger partial charge in [0.1, 0.15) is 5.69 Å². The molecule has 0 unspecified atom stereocenters. The number of fused-ring (bicyclic) bond motifs is 1. The predicted octanol–water partition coefficient (Wildman–Crippen LogP) is 3.48. The molecule has 0 aliphatic heterocycles. The SMILES string of the molecule is C#Cc1cnc2c(Nc3ccccc3)nccn12.CC. The molecule has 0 fully saturated rings. The van der Waals surface area contributed by atoms with E-state index in [-0.39, 0.29) is 0 Å². The molecule has 20 heavy (non-hydrogen) atoms. The predicted molar refractivity (Wildman–Crippen MR) is 82.0 cm³/mol. The number of hydrogen-bond donors (Lipinski definition) is 1. The third kappa shape index (κ3) is 2.62. The molecule has 4 heteroatoms. The Labute approximate surface area is 118 Å². The minimum atomic E-state index is 0.685. The Bertz CT molecular complexity index is 723. The molecule has 0 spiro atoms. The molecule has 0 amide bonds. The van der Waals surface area contributed by atoms with Gasteiger partial charge in [-0.15, -0.1) is 6.42 Å². The van der Waals surface area contributed by atoms with Gasteiger partial charge >= 0.3 is 0 Å². The third-order valence-corrected chi connectivity index (χ3v) is 2.61. The van der Waals surface area contributed by atoms with E-state index in [4.69, 9.17) is 6.42 Å². The highest BCUT2D eigenvalue weighted by Crippen LogP contribution is 2.18. The van der Waals surface area contributed by atoms with Gasteiger partial charge in [0.2, 0.25) is 0 Å².